The molecule has 2 aliphatic rings. The molecule has 2 saturated heterocycles. The second kappa shape index (κ2) is 8.29. The minimum atomic E-state index is -0.336. The summed E-state index contributed by atoms with van der Waals surface area (Å²) in [6, 6.07) is 5.54. The van der Waals surface area contributed by atoms with Gasteiger partial charge in [-0.2, -0.15) is 0 Å². The first-order chi connectivity index (χ1) is 12.1. The molecule has 2 heterocycles. The Hall–Kier alpha value is -2.15. The molecule has 0 aliphatic carbocycles. The zero-order chi connectivity index (χ0) is 17.6. The Morgan fingerprint density at radius 3 is 2.60 bits per heavy atom. The maximum atomic E-state index is 12.9. The fourth-order valence-corrected chi connectivity index (χ4v) is 3.32. The molecular weight excluding hydrogens is 325 g/mol. The third-order valence-electron chi connectivity index (χ3n) is 4.79. The summed E-state index contributed by atoms with van der Waals surface area (Å²) in [5.74, 6) is 0.159. The van der Waals surface area contributed by atoms with E-state index in [2.05, 4.69) is 10.2 Å². The lowest BCUT2D eigenvalue weighted by atomic mass is 10.1. The van der Waals surface area contributed by atoms with Gasteiger partial charge in [0, 0.05) is 32.7 Å². The Labute approximate surface area is 146 Å². The number of hydrogen-bond donors (Lipinski definition) is 1. The second-order valence-corrected chi connectivity index (χ2v) is 6.46. The van der Waals surface area contributed by atoms with Gasteiger partial charge in [0.1, 0.15) is 11.6 Å². The van der Waals surface area contributed by atoms with Crippen molar-refractivity contribution in [1.29, 1.82) is 0 Å². The highest BCUT2D eigenvalue weighted by Gasteiger charge is 2.31. The van der Waals surface area contributed by atoms with E-state index in [0.29, 0.717) is 31.9 Å². The molecule has 7 heteroatoms. The minimum Gasteiger partial charge on any atom is -0.484 e. The highest BCUT2D eigenvalue weighted by atomic mass is 19.1. The van der Waals surface area contributed by atoms with E-state index in [1.165, 1.54) is 24.3 Å². The van der Waals surface area contributed by atoms with E-state index in [9.17, 15) is 14.0 Å². The molecule has 3 rings (SSSR count). The maximum Gasteiger partial charge on any atom is 0.260 e. The van der Waals surface area contributed by atoms with Crippen LogP contribution in [0.3, 0.4) is 0 Å². The third kappa shape index (κ3) is 4.69. The molecule has 2 aliphatic heterocycles. The molecule has 1 aromatic carbocycles. The van der Waals surface area contributed by atoms with E-state index in [-0.39, 0.29) is 30.3 Å². The van der Waals surface area contributed by atoms with Crippen molar-refractivity contribution in [3.05, 3.63) is 30.1 Å². The quantitative estimate of drug-likeness (QED) is 0.882. The van der Waals surface area contributed by atoms with Crippen LogP contribution in [0.25, 0.3) is 0 Å². The number of piperazine rings is 1. The second-order valence-electron chi connectivity index (χ2n) is 6.46. The van der Waals surface area contributed by atoms with Gasteiger partial charge >= 0.3 is 0 Å². The fraction of sp³-hybridized carbons (Fsp3) is 0.556. The van der Waals surface area contributed by atoms with E-state index in [1.807, 2.05) is 0 Å². The van der Waals surface area contributed by atoms with Crippen LogP contribution in [0.4, 0.5) is 4.39 Å². The topological polar surface area (TPSA) is 61.9 Å². The number of rotatable bonds is 4. The molecule has 1 N–H and O–H groups in total. The summed E-state index contributed by atoms with van der Waals surface area (Å²) in [5, 5.41) is 2.96. The van der Waals surface area contributed by atoms with Gasteiger partial charge in [0.25, 0.3) is 5.91 Å². The molecule has 6 nitrogen and oxygen atoms in total. The number of amides is 2. The summed E-state index contributed by atoms with van der Waals surface area (Å²) in [4.78, 5) is 28.3. The Kier molecular flexibility index (Phi) is 5.86. The van der Waals surface area contributed by atoms with Crippen LogP contribution in [-0.4, -0.2) is 67.0 Å². The van der Waals surface area contributed by atoms with Crippen LogP contribution in [0.1, 0.15) is 19.3 Å². The number of carbonyl (C=O) groups is 2. The first kappa shape index (κ1) is 17.7. The minimum absolute atomic E-state index is 0.0600. The standard InChI is InChI=1S/C18H24FN3O3/c19-14-4-6-15(7-5-14)25-13-17(23)22-11-9-21(10-12-22)16-3-1-2-8-20-18(16)24/h4-7,16H,1-3,8-13H2,(H,20,24)/t16-/m0/s1. The van der Waals surface area contributed by atoms with Crippen LogP contribution in [0.15, 0.2) is 24.3 Å². The first-order valence-electron chi connectivity index (χ1n) is 8.81. The van der Waals surface area contributed by atoms with Crippen LogP contribution < -0.4 is 10.1 Å². The predicted octanol–water partition coefficient (Wildman–Crippen LogP) is 1.02. The van der Waals surface area contributed by atoms with Gasteiger partial charge < -0.3 is 15.0 Å². The predicted molar refractivity (Wildman–Crippen MR) is 90.7 cm³/mol. The van der Waals surface area contributed by atoms with E-state index < -0.39 is 0 Å². The molecule has 136 valence electrons. The summed E-state index contributed by atoms with van der Waals surface area (Å²) in [6.07, 6.45) is 2.96. The van der Waals surface area contributed by atoms with Gasteiger partial charge in [-0.05, 0) is 43.5 Å². The van der Waals surface area contributed by atoms with Crippen molar-refractivity contribution in [2.45, 2.75) is 25.3 Å². The number of nitrogens with one attached hydrogen (secondary N) is 1. The summed E-state index contributed by atoms with van der Waals surface area (Å²) < 4.78 is 18.3. The van der Waals surface area contributed by atoms with Gasteiger partial charge in [-0.15, -0.1) is 0 Å². The lowest BCUT2D eigenvalue weighted by Crippen LogP contribution is -2.56. The van der Waals surface area contributed by atoms with Gasteiger partial charge in [0.05, 0.1) is 6.04 Å². The van der Waals surface area contributed by atoms with Crippen molar-refractivity contribution in [3.8, 4) is 5.75 Å². The smallest absolute Gasteiger partial charge is 0.260 e. The summed E-state index contributed by atoms with van der Waals surface area (Å²) in [7, 11) is 0. The number of benzene rings is 1. The van der Waals surface area contributed by atoms with E-state index >= 15 is 0 Å². The first-order valence-corrected chi connectivity index (χ1v) is 8.81. The highest BCUT2D eigenvalue weighted by Crippen LogP contribution is 2.16. The number of hydrogen-bond acceptors (Lipinski definition) is 4. The highest BCUT2D eigenvalue weighted by molar-refractivity contribution is 5.82. The average molecular weight is 349 g/mol. The molecule has 0 saturated carbocycles. The van der Waals surface area contributed by atoms with Crippen LogP contribution >= 0.6 is 0 Å². The normalized spacial score (nSPS) is 22.2. The molecule has 1 aromatic rings. The van der Waals surface area contributed by atoms with E-state index in [1.54, 1.807) is 4.90 Å². The Morgan fingerprint density at radius 1 is 1.16 bits per heavy atom. The summed E-state index contributed by atoms with van der Waals surface area (Å²) >= 11 is 0. The van der Waals surface area contributed by atoms with Crippen LogP contribution in [-0.2, 0) is 9.59 Å². The molecular formula is C18H24FN3O3. The number of carbonyl (C=O) groups excluding carboxylic acids is 2. The number of halogens is 1. The summed E-state index contributed by atoms with van der Waals surface area (Å²) in [6.45, 7) is 3.27. The molecule has 0 radical (unpaired) electrons. The van der Waals surface area contributed by atoms with E-state index in [4.69, 9.17) is 4.74 Å². The molecule has 25 heavy (non-hydrogen) atoms. The zero-order valence-corrected chi connectivity index (χ0v) is 14.2. The third-order valence-corrected chi connectivity index (χ3v) is 4.79. The molecule has 1 atom stereocenters. The lowest BCUT2D eigenvalue weighted by molar-refractivity contribution is -0.136. The molecule has 2 amide bonds. The van der Waals surface area contributed by atoms with Crippen molar-refractivity contribution >= 4 is 11.8 Å². The van der Waals surface area contributed by atoms with Gasteiger partial charge in [-0.25, -0.2) is 4.39 Å². The average Bonchev–Trinajstić information content (AvgIpc) is 2.85. The van der Waals surface area contributed by atoms with E-state index in [0.717, 1.165) is 25.8 Å². The summed E-state index contributed by atoms with van der Waals surface area (Å²) in [5.41, 5.74) is 0. The SMILES string of the molecule is O=C1NCCCC[C@@H]1N1CCN(C(=O)COc2ccc(F)cc2)CC1. The fourth-order valence-electron chi connectivity index (χ4n) is 3.32. The van der Waals surface area contributed by atoms with Crippen LogP contribution in [0.2, 0.25) is 0 Å². The number of nitrogens with zero attached hydrogens (tertiary/aromatic N) is 2. The zero-order valence-electron chi connectivity index (χ0n) is 14.2. The Morgan fingerprint density at radius 2 is 1.88 bits per heavy atom. The molecule has 0 unspecified atom stereocenters. The van der Waals surface area contributed by atoms with Crippen molar-refractivity contribution < 1.29 is 18.7 Å². The molecule has 2 fully saturated rings. The Bertz CT molecular complexity index is 600. The monoisotopic (exact) mass is 349 g/mol. The van der Waals surface area contributed by atoms with Crippen LogP contribution in [0.5, 0.6) is 5.75 Å². The van der Waals surface area contributed by atoms with Gasteiger partial charge in [0.15, 0.2) is 6.61 Å². The molecule has 0 bridgehead atoms. The van der Waals surface area contributed by atoms with Crippen molar-refractivity contribution in [2.24, 2.45) is 0 Å². The van der Waals surface area contributed by atoms with Crippen molar-refractivity contribution in [3.63, 3.8) is 0 Å². The van der Waals surface area contributed by atoms with Gasteiger partial charge in [-0.3, -0.25) is 14.5 Å². The van der Waals surface area contributed by atoms with Crippen molar-refractivity contribution in [2.75, 3.05) is 39.3 Å². The molecule has 0 spiro atoms. The lowest BCUT2D eigenvalue weighted by Gasteiger charge is -2.38. The van der Waals surface area contributed by atoms with Crippen LogP contribution in [0, 0.1) is 5.82 Å². The maximum absolute atomic E-state index is 12.9. The largest absolute Gasteiger partial charge is 0.484 e. The van der Waals surface area contributed by atoms with Crippen molar-refractivity contribution in [1.82, 2.24) is 15.1 Å². The van der Waals surface area contributed by atoms with Gasteiger partial charge in [-0.1, -0.05) is 0 Å². The van der Waals surface area contributed by atoms with Gasteiger partial charge in [0.2, 0.25) is 5.91 Å². The number of ether oxygens (including phenoxy) is 1. The Balaban J connectivity index is 1.45. The molecule has 0 aromatic heterocycles.